The average molecular weight is 269 g/mol. The number of nitrogens with zero attached hydrogens (tertiary/aromatic N) is 2. The van der Waals surface area contributed by atoms with Gasteiger partial charge in [-0.3, -0.25) is 4.68 Å². The molecule has 0 spiro atoms. The first-order chi connectivity index (χ1) is 8.97. The van der Waals surface area contributed by atoms with E-state index in [0.717, 1.165) is 11.6 Å². The van der Waals surface area contributed by atoms with Crippen molar-refractivity contribution in [2.24, 2.45) is 7.05 Å². The van der Waals surface area contributed by atoms with E-state index in [1.165, 1.54) is 12.1 Å². The molecule has 19 heavy (non-hydrogen) atoms. The lowest BCUT2D eigenvalue weighted by Gasteiger charge is -2.12. The van der Waals surface area contributed by atoms with Crippen LogP contribution in [0.15, 0.2) is 36.7 Å². The Morgan fingerprint density at radius 3 is 2.58 bits per heavy atom. The summed E-state index contributed by atoms with van der Waals surface area (Å²) in [5, 5.41) is 6.99. The zero-order valence-corrected chi connectivity index (χ0v) is 10.4. The number of hydrogen-bond donors (Lipinski definition) is 1. The summed E-state index contributed by atoms with van der Waals surface area (Å²) in [5.74, 6) is 0. The maximum atomic E-state index is 12.8. The van der Waals surface area contributed by atoms with E-state index in [-0.39, 0.29) is 12.1 Å². The molecule has 0 aliphatic rings. The Kier molecular flexibility index (Phi) is 3.90. The Hall–Kier alpha value is -1.82. The predicted molar refractivity (Wildman–Crippen MR) is 65.2 cm³/mol. The van der Waals surface area contributed by atoms with Gasteiger partial charge < -0.3 is 5.32 Å². The molecule has 1 aromatic carbocycles. The fraction of sp³-hybridized carbons (Fsp3) is 0.308. The summed E-state index contributed by atoms with van der Waals surface area (Å²) in [6, 6.07) is 5.59. The minimum absolute atomic E-state index is 0.171. The molecule has 0 unspecified atom stereocenters. The molecule has 0 amide bonds. The number of halogens is 3. The number of aromatic nitrogens is 2. The van der Waals surface area contributed by atoms with Gasteiger partial charge in [-0.05, 0) is 11.6 Å². The fourth-order valence-electron chi connectivity index (χ4n) is 1.86. The molecule has 0 fully saturated rings. The summed E-state index contributed by atoms with van der Waals surface area (Å²) in [7, 11) is 1.79. The van der Waals surface area contributed by atoms with Gasteiger partial charge in [-0.2, -0.15) is 18.3 Å². The fourth-order valence-corrected chi connectivity index (χ4v) is 1.86. The third-order valence-electron chi connectivity index (χ3n) is 2.73. The number of rotatable bonds is 4. The molecule has 3 nitrogen and oxygen atoms in total. The van der Waals surface area contributed by atoms with Crippen LogP contribution in [0.3, 0.4) is 0 Å². The van der Waals surface area contributed by atoms with Crippen molar-refractivity contribution >= 4 is 0 Å². The maximum absolute atomic E-state index is 12.8. The van der Waals surface area contributed by atoms with E-state index in [0.29, 0.717) is 6.54 Å². The van der Waals surface area contributed by atoms with Gasteiger partial charge >= 0.3 is 6.18 Å². The van der Waals surface area contributed by atoms with Gasteiger partial charge in [-0.1, -0.05) is 18.2 Å². The van der Waals surface area contributed by atoms with E-state index in [2.05, 4.69) is 10.4 Å². The molecule has 1 N–H and O–H groups in total. The topological polar surface area (TPSA) is 29.9 Å². The van der Waals surface area contributed by atoms with E-state index in [4.69, 9.17) is 0 Å². The number of nitrogens with one attached hydrogen (secondary N) is 1. The lowest BCUT2D eigenvalue weighted by molar-refractivity contribution is -0.138. The Labute approximate surface area is 109 Å². The molecule has 0 aliphatic heterocycles. The first-order valence-corrected chi connectivity index (χ1v) is 5.80. The summed E-state index contributed by atoms with van der Waals surface area (Å²) < 4.78 is 39.9. The second-order valence-corrected chi connectivity index (χ2v) is 4.28. The largest absolute Gasteiger partial charge is 0.416 e. The third-order valence-corrected chi connectivity index (χ3v) is 2.73. The van der Waals surface area contributed by atoms with Gasteiger partial charge in [0.1, 0.15) is 0 Å². The molecule has 102 valence electrons. The van der Waals surface area contributed by atoms with Crippen molar-refractivity contribution < 1.29 is 13.2 Å². The zero-order valence-electron chi connectivity index (χ0n) is 10.4. The van der Waals surface area contributed by atoms with Crippen LogP contribution in [0.1, 0.15) is 16.7 Å². The highest BCUT2D eigenvalue weighted by Crippen LogP contribution is 2.31. The van der Waals surface area contributed by atoms with E-state index < -0.39 is 11.7 Å². The first kappa shape index (κ1) is 13.6. The van der Waals surface area contributed by atoms with Crippen LogP contribution in [0, 0.1) is 0 Å². The van der Waals surface area contributed by atoms with Crippen LogP contribution in [-0.4, -0.2) is 9.78 Å². The quantitative estimate of drug-likeness (QED) is 0.925. The summed E-state index contributed by atoms with van der Waals surface area (Å²) in [5.41, 5.74) is 0.597. The number of alkyl halides is 3. The second kappa shape index (κ2) is 5.44. The van der Waals surface area contributed by atoms with Crippen LogP contribution in [0.5, 0.6) is 0 Å². The Morgan fingerprint density at radius 1 is 1.21 bits per heavy atom. The van der Waals surface area contributed by atoms with Gasteiger partial charge in [0, 0.05) is 31.9 Å². The van der Waals surface area contributed by atoms with Gasteiger partial charge in [0.2, 0.25) is 0 Å². The van der Waals surface area contributed by atoms with Gasteiger partial charge in [0.25, 0.3) is 0 Å². The first-order valence-electron chi connectivity index (χ1n) is 5.80. The summed E-state index contributed by atoms with van der Waals surface area (Å²) >= 11 is 0. The Balaban J connectivity index is 2.00. The maximum Gasteiger partial charge on any atom is 0.416 e. The highest BCUT2D eigenvalue weighted by atomic mass is 19.4. The van der Waals surface area contributed by atoms with Crippen molar-refractivity contribution in [3.63, 3.8) is 0 Å². The zero-order chi connectivity index (χ0) is 13.9. The minimum Gasteiger partial charge on any atom is -0.308 e. The lowest BCUT2D eigenvalue weighted by Crippen LogP contribution is -2.17. The van der Waals surface area contributed by atoms with Gasteiger partial charge in [-0.25, -0.2) is 0 Å². The average Bonchev–Trinajstić information content (AvgIpc) is 2.74. The molecular formula is C13H14F3N3. The van der Waals surface area contributed by atoms with Crippen molar-refractivity contribution in [1.82, 2.24) is 15.1 Å². The molecule has 0 saturated heterocycles. The second-order valence-electron chi connectivity index (χ2n) is 4.28. The van der Waals surface area contributed by atoms with Crippen LogP contribution in [0.25, 0.3) is 0 Å². The molecule has 0 aliphatic carbocycles. The van der Waals surface area contributed by atoms with Gasteiger partial charge in [0.05, 0.1) is 11.8 Å². The normalized spacial score (nSPS) is 11.8. The summed E-state index contributed by atoms with van der Waals surface area (Å²) in [4.78, 5) is 0. The van der Waals surface area contributed by atoms with Crippen LogP contribution in [-0.2, 0) is 26.3 Å². The molecule has 1 aromatic heterocycles. The summed E-state index contributed by atoms with van der Waals surface area (Å²) in [6.45, 7) is 0.657. The van der Waals surface area contributed by atoms with E-state index in [1.807, 2.05) is 6.20 Å². The predicted octanol–water partition coefficient (Wildman–Crippen LogP) is 2.73. The van der Waals surface area contributed by atoms with Crippen molar-refractivity contribution in [3.8, 4) is 0 Å². The van der Waals surface area contributed by atoms with Gasteiger partial charge in [0.15, 0.2) is 0 Å². The molecule has 6 heteroatoms. The molecule has 2 rings (SSSR count). The number of hydrogen-bond acceptors (Lipinski definition) is 2. The third kappa shape index (κ3) is 3.57. The highest BCUT2D eigenvalue weighted by molar-refractivity contribution is 5.29. The molecule has 0 bridgehead atoms. The van der Waals surface area contributed by atoms with Crippen LogP contribution in [0.2, 0.25) is 0 Å². The van der Waals surface area contributed by atoms with E-state index in [1.54, 1.807) is 24.0 Å². The van der Waals surface area contributed by atoms with Crippen LogP contribution in [0.4, 0.5) is 13.2 Å². The number of aryl methyl sites for hydroxylation is 1. The number of benzene rings is 1. The van der Waals surface area contributed by atoms with Crippen molar-refractivity contribution in [3.05, 3.63) is 53.3 Å². The highest BCUT2D eigenvalue weighted by Gasteiger charge is 2.32. The monoisotopic (exact) mass is 269 g/mol. The van der Waals surface area contributed by atoms with E-state index >= 15 is 0 Å². The van der Waals surface area contributed by atoms with Gasteiger partial charge in [-0.15, -0.1) is 0 Å². The van der Waals surface area contributed by atoms with Crippen molar-refractivity contribution in [1.29, 1.82) is 0 Å². The van der Waals surface area contributed by atoms with Crippen LogP contribution < -0.4 is 5.32 Å². The molecule has 1 heterocycles. The molecular weight excluding hydrogens is 255 g/mol. The smallest absolute Gasteiger partial charge is 0.308 e. The molecule has 0 radical (unpaired) electrons. The van der Waals surface area contributed by atoms with E-state index in [9.17, 15) is 13.2 Å². The Bertz CT molecular complexity index is 546. The molecule has 2 aromatic rings. The standard InChI is InChI=1S/C13H14F3N3/c1-19-9-10(7-18-19)6-17-8-11-4-2-3-5-12(11)13(14,15)16/h2-5,7,9,17H,6,8H2,1H3. The SMILES string of the molecule is Cn1cc(CNCc2ccccc2C(F)(F)F)cn1. The minimum atomic E-state index is -4.31. The van der Waals surface area contributed by atoms with Crippen molar-refractivity contribution in [2.45, 2.75) is 19.3 Å². The lowest BCUT2D eigenvalue weighted by atomic mass is 10.1. The van der Waals surface area contributed by atoms with Crippen LogP contribution >= 0.6 is 0 Å². The van der Waals surface area contributed by atoms with Crippen molar-refractivity contribution in [2.75, 3.05) is 0 Å². The molecule has 0 atom stereocenters. The summed E-state index contributed by atoms with van der Waals surface area (Å²) in [6.07, 6.45) is -0.808. The Morgan fingerprint density at radius 2 is 1.95 bits per heavy atom. The molecule has 0 saturated carbocycles.